The maximum absolute atomic E-state index is 13.0. The van der Waals surface area contributed by atoms with E-state index >= 15 is 0 Å². The van der Waals surface area contributed by atoms with Crippen LogP contribution in [0, 0.1) is 11.8 Å². The molecular weight excluding hydrogens is 340 g/mol. The summed E-state index contributed by atoms with van der Waals surface area (Å²) >= 11 is 1.51. The molecule has 0 N–H and O–H groups in total. The fourth-order valence-electron chi connectivity index (χ4n) is 3.87. The van der Waals surface area contributed by atoms with Crippen LogP contribution in [0.4, 0.5) is 0 Å². The molecule has 1 aromatic heterocycles. The van der Waals surface area contributed by atoms with Gasteiger partial charge in [-0.15, -0.1) is 11.3 Å². The van der Waals surface area contributed by atoms with E-state index in [1.807, 2.05) is 42.5 Å². The van der Waals surface area contributed by atoms with E-state index in [0.717, 1.165) is 41.2 Å². The van der Waals surface area contributed by atoms with Gasteiger partial charge in [0.2, 0.25) is 0 Å². The van der Waals surface area contributed by atoms with Crippen LogP contribution >= 0.6 is 11.3 Å². The molecular formula is C22H24N2OS. The van der Waals surface area contributed by atoms with Crippen molar-refractivity contribution >= 4 is 17.2 Å². The molecule has 0 aliphatic carbocycles. The fourth-order valence-corrected chi connectivity index (χ4v) is 4.69. The van der Waals surface area contributed by atoms with Crippen LogP contribution in [0.2, 0.25) is 0 Å². The Kier molecular flexibility index (Phi) is 5.38. The number of likely N-dealkylation sites (tertiary alicyclic amines) is 2. The number of nitrogens with zero attached hydrogens (tertiary/aromatic N) is 2. The third-order valence-corrected chi connectivity index (χ3v) is 6.21. The van der Waals surface area contributed by atoms with Gasteiger partial charge in [0, 0.05) is 24.7 Å². The first kappa shape index (κ1) is 17.3. The zero-order valence-electron chi connectivity index (χ0n) is 15.0. The Hall–Kier alpha value is -2.09. The lowest BCUT2D eigenvalue weighted by Crippen LogP contribution is -2.42. The number of thiophene rings is 1. The van der Waals surface area contributed by atoms with E-state index in [4.69, 9.17) is 0 Å². The normalized spacial score (nSPS) is 20.2. The van der Waals surface area contributed by atoms with Gasteiger partial charge in [0.1, 0.15) is 0 Å². The molecule has 0 bridgehead atoms. The first-order valence-corrected chi connectivity index (χ1v) is 10.3. The standard InChI is InChI=1S/C22H24N2OS/c25-22(24-16-6-9-19(24)17-23-14-4-5-15-23)21-13-12-20(26-21)11-10-18-7-2-1-3-8-18/h1-3,7-8,12-13,19H,4-6,9,14-17H2. The molecule has 4 heteroatoms. The van der Waals surface area contributed by atoms with E-state index in [1.165, 1.54) is 37.3 Å². The molecule has 1 atom stereocenters. The van der Waals surface area contributed by atoms with E-state index in [0.29, 0.717) is 6.04 Å². The Morgan fingerprint density at radius 1 is 1.00 bits per heavy atom. The van der Waals surface area contributed by atoms with Gasteiger partial charge in [-0.05, 0) is 63.0 Å². The predicted molar refractivity (Wildman–Crippen MR) is 106 cm³/mol. The number of hydrogen-bond acceptors (Lipinski definition) is 3. The van der Waals surface area contributed by atoms with Gasteiger partial charge in [-0.3, -0.25) is 4.79 Å². The molecule has 1 unspecified atom stereocenters. The SMILES string of the molecule is O=C(c1ccc(C#Cc2ccccc2)s1)N1CCCC1CN1CCCC1. The van der Waals surface area contributed by atoms with Crippen LogP contribution in [0.15, 0.2) is 42.5 Å². The van der Waals surface area contributed by atoms with Crippen LogP contribution in [-0.4, -0.2) is 47.9 Å². The van der Waals surface area contributed by atoms with Crippen LogP contribution in [0.25, 0.3) is 0 Å². The molecule has 2 fully saturated rings. The Bertz CT molecular complexity index is 811. The minimum Gasteiger partial charge on any atom is -0.334 e. The highest BCUT2D eigenvalue weighted by molar-refractivity contribution is 7.14. The van der Waals surface area contributed by atoms with Crippen molar-refractivity contribution in [3.63, 3.8) is 0 Å². The lowest BCUT2D eigenvalue weighted by molar-refractivity contribution is 0.0713. The number of carbonyl (C=O) groups excluding carboxylic acids is 1. The van der Waals surface area contributed by atoms with E-state index in [1.54, 1.807) is 0 Å². The summed E-state index contributed by atoms with van der Waals surface area (Å²) in [7, 11) is 0. The minimum absolute atomic E-state index is 0.185. The van der Waals surface area contributed by atoms with Crippen molar-refractivity contribution in [1.29, 1.82) is 0 Å². The van der Waals surface area contributed by atoms with Crippen molar-refractivity contribution in [2.45, 2.75) is 31.7 Å². The maximum Gasteiger partial charge on any atom is 0.264 e. The van der Waals surface area contributed by atoms with Crippen LogP contribution in [0.5, 0.6) is 0 Å². The van der Waals surface area contributed by atoms with Crippen LogP contribution in [0.1, 0.15) is 45.8 Å². The summed E-state index contributed by atoms with van der Waals surface area (Å²) in [6, 6.07) is 14.2. The molecule has 0 spiro atoms. The molecule has 0 saturated carbocycles. The quantitative estimate of drug-likeness (QED) is 0.773. The molecule has 0 radical (unpaired) electrons. The second kappa shape index (κ2) is 8.07. The molecule has 26 heavy (non-hydrogen) atoms. The number of rotatable bonds is 3. The second-order valence-corrected chi connectivity index (χ2v) is 8.17. The van der Waals surface area contributed by atoms with Gasteiger partial charge in [-0.1, -0.05) is 30.0 Å². The summed E-state index contributed by atoms with van der Waals surface area (Å²) in [5, 5.41) is 0. The molecule has 4 rings (SSSR count). The molecule has 2 aromatic rings. The van der Waals surface area contributed by atoms with Gasteiger partial charge >= 0.3 is 0 Å². The Labute approximate surface area is 159 Å². The van der Waals surface area contributed by atoms with Crippen molar-refractivity contribution in [1.82, 2.24) is 9.80 Å². The van der Waals surface area contributed by atoms with Gasteiger partial charge in [0.05, 0.1) is 9.75 Å². The average Bonchev–Trinajstić information content (AvgIpc) is 3.43. The zero-order chi connectivity index (χ0) is 17.8. The van der Waals surface area contributed by atoms with Crippen molar-refractivity contribution in [2.24, 2.45) is 0 Å². The number of benzene rings is 1. The third-order valence-electron chi connectivity index (χ3n) is 5.23. The molecule has 134 valence electrons. The predicted octanol–water partition coefficient (Wildman–Crippen LogP) is 3.85. The molecule has 2 aliphatic rings. The van der Waals surface area contributed by atoms with Gasteiger partial charge in [-0.2, -0.15) is 0 Å². The molecule has 3 heterocycles. The van der Waals surface area contributed by atoms with E-state index < -0.39 is 0 Å². The lowest BCUT2D eigenvalue weighted by Gasteiger charge is -2.28. The van der Waals surface area contributed by atoms with E-state index in [9.17, 15) is 4.79 Å². The summed E-state index contributed by atoms with van der Waals surface area (Å²) in [5.74, 6) is 6.54. The highest BCUT2D eigenvalue weighted by atomic mass is 32.1. The fraction of sp³-hybridized carbons (Fsp3) is 0.409. The lowest BCUT2D eigenvalue weighted by atomic mass is 10.2. The Morgan fingerprint density at radius 2 is 1.81 bits per heavy atom. The second-order valence-electron chi connectivity index (χ2n) is 7.08. The topological polar surface area (TPSA) is 23.6 Å². The summed E-state index contributed by atoms with van der Waals surface area (Å²) < 4.78 is 0. The highest BCUT2D eigenvalue weighted by Crippen LogP contribution is 2.25. The Balaban J connectivity index is 1.43. The summed E-state index contributed by atoms with van der Waals surface area (Å²) in [4.78, 5) is 19.4. The first-order chi connectivity index (χ1) is 12.8. The van der Waals surface area contributed by atoms with Crippen molar-refractivity contribution in [3.8, 4) is 11.8 Å². The summed E-state index contributed by atoms with van der Waals surface area (Å²) in [6.07, 6.45) is 4.86. The smallest absolute Gasteiger partial charge is 0.264 e. The molecule has 1 aromatic carbocycles. The largest absolute Gasteiger partial charge is 0.334 e. The third kappa shape index (κ3) is 4.00. The summed E-state index contributed by atoms with van der Waals surface area (Å²) in [6.45, 7) is 4.31. The van der Waals surface area contributed by atoms with Crippen LogP contribution in [0.3, 0.4) is 0 Å². The number of hydrogen-bond donors (Lipinski definition) is 0. The molecule has 3 nitrogen and oxygen atoms in total. The van der Waals surface area contributed by atoms with Gasteiger partial charge in [-0.25, -0.2) is 0 Å². The zero-order valence-corrected chi connectivity index (χ0v) is 15.8. The van der Waals surface area contributed by atoms with Crippen molar-refractivity contribution < 1.29 is 4.79 Å². The molecule has 2 saturated heterocycles. The first-order valence-electron chi connectivity index (χ1n) is 9.50. The van der Waals surface area contributed by atoms with Crippen molar-refractivity contribution in [2.75, 3.05) is 26.2 Å². The Morgan fingerprint density at radius 3 is 2.62 bits per heavy atom. The van der Waals surface area contributed by atoms with E-state index in [2.05, 4.69) is 21.6 Å². The van der Waals surface area contributed by atoms with Crippen molar-refractivity contribution in [3.05, 3.63) is 57.8 Å². The van der Waals surface area contributed by atoms with Crippen LogP contribution < -0.4 is 0 Å². The molecule has 2 aliphatic heterocycles. The maximum atomic E-state index is 13.0. The van der Waals surface area contributed by atoms with Gasteiger partial charge in [0.25, 0.3) is 5.91 Å². The minimum atomic E-state index is 0.185. The number of carbonyl (C=O) groups is 1. The highest BCUT2D eigenvalue weighted by Gasteiger charge is 2.31. The monoisotopic (exact) mass is 364 g/mol. The average molecular weight is 365 g/mol. The van der Waals surface area contributed by atoms with Gasteiger partial charge in [0.15, 0.2) is 0 Å². The van der Waals surface area contributed by atoms with Gasteiger partial charge < -0.3 is 9.80 Å². The van der Waals surface area contributed by atoms with Crippen LogP contribution in [-0.2, 0) is 0 Å². The van der Waals surface area contributed by atoms with E-state index in [-0.39, 0.29) is 5.91 Å². The summed E-state index contributed by atoms with van der Waals surface area (Å²) in [5.41, 5.74) is 0.999. The number of amides is 1. The molecule has 1 amide bonds.